The highest BCUT2D eigenvalue weighted by molar-refractivity contribution is 6.05. The first-order valence-electron chi connectivity index (χ1n) is 5.57. The summed E-state index contributed by atoms with van der Waals surface area (Å²) in [4.78, 5) is 45.7. The van der Waals surface area contributed by atoms with Crippen LogP contribution in [-0.4, -0.2) is 41.1 Å². The lowest BCUT2D eigenvalue weighted by atomic mass is 9.43. The SMILES string of the molecule is C[C@]12C(=O)NC(=O)N[C@H]1[C@@H](NC(N)=O)[C@@]2(C)C(=O)O. The number of carboxylic acid groups (broad SMARTS) is 1. The summed E-state index contributed by atoms with van der Waals surface area (Å²) < 4.78 is 0. The average molecular weight is 270 g/mol. The molecule has 4 atom stereocenters. The van der Waals surface area contributed by atoms with Crippen molar-refractivity contribution in [3.63, 3.8) is 0 Å². The van der Waals surface area contributed by atoms with Crippen molar-refractivity contribution in [2.45, 2.75) is 25.9 Å². The number of nitrogens with two attached hydrogens (primary N) is 1. The molecule has 0 spiro atoms. The molecule has 2 fully saturated rings. The molecule has 6 N–H and O–H groups in total. The minimum Gasteiger partial charge on any atom is -0.481 e. The van der Waals surface area contributed by atoms with Gasteiger partial charge in [-0.05, 0) is 13.8 Å². The fourth-order valence-electron chi connectivity index (χ4n) is 2.97. The fraction of sp³-hybridized carbons (Fsp3) is 0.600. The lowest BCUT2D eigenvalue weighted by Crippen LogP contribution is -2.87. The minimum absolute atomic E-state index is 0.686. The van der Waals surface area contributed by atoms with Crippen molar-refractivity contribution in [1.82, 2.24) is 16.0 Å². The first-order valence-corrected chi connectivity index (χ1v) is 5.57. The second-order valence-electron chi connectivity index (χ2n) is 5.10. The van der Waals surface area contributed by atoms with Gasteiger partial charge in [-0.15, -0.1) is 0 Å². The monoisotopic (exact) mass is 270 g/mol. The highest BCUT2D eigenvalue weighted by Crippen LogP contribution is 2.57. The third-order valence-corrected chi connectivity index (χ3v) is 4.38. The van der Waals surface area contributed by atoms with Gasteiger partial charge >= 0.3 is 18.0 Å². The van der Waals surface area contributed by atoms with Gasteiger partial charge in [-0.1, -0.05) is 0 Å². The van der Waals surface area contributed by atoms with Crippen molar-refractivity contribution in [2.24, 2.45) is 16.6 Å². The quantitative estimate of drug-likeness (QED) is 0.407. The van der Waals surface area contributed by atoms with E-state index < -0.39 is 46.9 Å². The molecule has 0 unspecified atom stereocenters. The maximum atomic E-state index is 12.0. The van der Waals surface area contributed by atoms with Crippen molar-refractivity contribution in [1.29, 1.82) is 0 Å². The summed E-state index contributed by atoms with van der Waals surface area (Å²) in [5.41, 5.74) is 2.08. The van der Waals surface area contributed by atoms with Gasteiger partial charge < -0.3 is 21.5 Å². The molecule has 9 heteroatoms. The fourth-order valence-corrected chi connectivity index (χ4v) is 2.97. The summed E-state index contributed by atoms with van der Waals surface area (Å²) in [5, 5.41) is 16.1. The normalized spacial score (nSPS) is 40.3. The number of fused-ring (bicyclic) bond motifs is 1. The third-order valence-electron chi connectivity index (χ3n) is 4.38. The van der Waals surface area contributed by atoms with Crippen molar-refractivity contribution in [3.05, 3.63) is 0 Å². The number of nitrogens with one attached hydrogen (secondary N) is 3. The van der Waals surface area contributed by atoms with Crippen LogP contribution in [0.2, 0.25) is 0 Å². The van der Waals surface area contributed by atoms with Crippen LogP contribution in [0.3, 0.4) is 0 Å². The van der Waals surface area contributed by atoms with Crippen molar-refractivity contribution >= 4 is 23.9 Å². The number of primary amides is 1. The number of carboxylic acids is 1. The molecule has 1 aliphatic heterocycles. The Labute approximate surface area is 107 Å². The van der Waals surface area contributed by atoms with E-state index in [9.17, 15) is 24.3 Å². The zero-order valence-corrected chi connectivity index (χ0v) is 10.3. The second kappa shape index (κ2) is 3.59. The van der Waals surface area contributed by atoms with Crippen LogP contribution in [0.1, 0.15) is 13.8 Å². The number of rotatable bonds is 2. The molecule has 1 saturated carbocycles. The standard InChI is InChI=1S/C10H14N4O5/c1-9-3(13-8(19)14-5(9)15)4(12-7(11)18)10(9,2)6(16)17/h3-4H,1-2H3,(H,16,17)(H3,11,12,18)(H2,13,14,15,19)/t3-,4+,9+,10-/m0/s1. The predicted octanol–water partition coefficient (Wildman–Crippen LogP) is -1.66. The molecule has 0 bridgehead atoms. The second-order valence-corrected chi connectivity index (χ2v) is 5.10. The van der Waals surface area contributed by atoms with E-state index in [0.717, 1.165) is 0 Å². The summed E-state index contributed by atoms with van der Waals surface area (Å²) in [6, 6.07) is -3.42. The molecule has 0 radical (unpaired) electrons. The van der Waals surface area contributed by atoms with E-state index in [1.807, 2.05) is 5.32 Å². The molecular weight excluding hydrogens is 256 g/mol. The molecule has 1 aliphatic carbocycles. The number of imide groups is 1. The van der Waals surface area contributed by atoms with E-state index >= 15 is 0 Å². The number of amides is 5. The molecule has 9 nitrogen and oxygen atoms in total. The molecule has 2 aliphatic rings. The largest absolute Gasteiger partial charge is 0.481 e. The van der Waals surface area contributed by atoms with Crippen LogP contribution < -0.4 is 21.7 Å². The number of carbonyl (C=O) groups is 4. The van der Waals surface area contributed by atoms with E-state index in [1.54, 1.807) is 0 Å². The molecular formula is C10H14N4O5. The maximum absolute atomic E-state index is 12.0. The molecule has 0 aromatic carbocycles. The van der Waals surface area contributed by atoms with E-state index in [4.69, 9.17) is 5.73 Å². The Morgan fingerprint density at radius 3 is 2.42 bits per heavy atom. The Kier molecular flexibility index (Phi) is 2.48. The van der Waals surface area contributed by atoms with E-state index in [0.29, 0.717) is 0 Å². The van der Waals surface area contributed by atoms with Crippen LogP contribution in [-0.2, 0) is 9.59 Å². The van der Waals surface area contributed by atoms with Gasteiger partial charge in [-0.25, -0.2) is 9.59 Å². The maximum Gasteiger partial charge on any atom is 0.321 e. The number of hydrogen-bond acceptors (Lipinski definition) is 4. The van der Waals surface area contributed by atoms with Crippen LogP contribution in [0, 0.1) is 10.8 Å². The molecule has 104 valence electrons. The zero-order chi connectivity index (χ0) is 14.6. The summed E-state index contributed by atoms with van der Waals surface area (Å²) >= 11 is 0. The average Bonchev–Trinajstić information content (AvgIpc) is 2.30. The summed E-state index contributed by atoms with van der Waals surface area (Å²) in [7, 11) is 0. The van der Waals surface area contributed by atoms with Gasteiger partial charge in [0.1, 0.15) is 5.41 Å². The van der Waals surface area contributed by atoms with Crippen LogP contribution in [0.5, 0.6) is 0 Å². The first kappa shape index (κ1) is 13.1. The Morgan fingerprint density at radius 1 is 1.37 bits per heavy atom. The van der Waals surface area contributed by atoms with Gasteiger partial charge in [0.05, 0.1) is 17.5 Å². The van der Waals surface area contributed by atoms with Gasteiger partial charge in [0, 0.05) is 0 Å². The summed E-state index contributed by atoms with van der Waals surface area (Å²) in [6.45, 7) is 2.77. The van der Waals surface area contributed by atoms with Crippen molar-refractivity contribution in [3.8, 4) is 0 Å². The van der Waals surface area contributed by atoms with E-state index in [2.05, 4.69) is 10.6 Å². The van der Waals surface area contributed by atoms with E-state index in [-0.39, 0.29) is 0 Å². The van der Waals surface area contributed by atoms with Crippen LogP contribution in [0.25, 0.3) is 0 Å². The molecule has 0 aromatic heterocycles. The number of carbonyl (C=O) groups excluding carboxylic acids is 3. The smallest absolute Gasteiger partial charge is 0.321 e. The van der Waals surface area contributed by atoms with Crippen molar-refractivity contribution in [2.75, 3.05) is 0 Å². The highest BCUT2D eigenvalue weighted by Gasteiger charge is 2.76. The summed E-state index contributed by atoms with van der Waals surface area (Å²) in [6.07, 6.45) is 0. The molecule has 1 saturated heterocycles. The van der Waals surface area contributed by atoms with Crippen LogP contribution in [0.15, 0.2) is 0 Å². The Morgan fingerprint density at radius 2 is 1.95 bits per heavy atom. The molecule has 2 rings (SSSR count). The minimum atomic E-state index is -1.57. The number of hydrogen-bond donors (Lipinski definition) is 5. The van der Waals surface area contributed by atoms with Gasteiger partial charge in [-0.2, -0.15) is 0 Å². The van der Waals surface area contributed by atoms with Gasteiger partial charge in [0.2, 0.25) is 5.91 Å². The topological polar surface area (TPSA) is 151 Å². The lowest BCUT2D eigenvalue weighted by molar-refractivity contribution is -0.192. The lowest BCUT2D eigenvalue weighted by Gasteiger charge is -2.64. The molecule has 19 heavy (non-hydrogen) atoms. The Balaban J connectivity index is 2.45. The molecule has 0 aromatic rings. The van der Waals surface area contributed by atoms with E-state index in [1.165, 1.54) is 13.8 Å². The first-order chi connectivity index (χ1) is 8.65. The molecule has 5 amide bonds. The van der Waals surface area contributed by atoms with Crippen LogP contribution in [0.4, 0.5) is 9.59 Å². The Bertz CT molecular complexity index is 506. The van der Waals surface area contributed by atoms with Gasteiger partial charge in [0.25, 0.3) is 0 Å². The number of urea groups is 2. The van der Waals surface area contributed by atoms with Crippen molar-refractivity contribution < 1.29 is 24.3 Å². The highest BCUT2D eigenvalue weighted by atomic mass is 16.4. The molecule has 1 heterocycles. The summed E-state index contributed by atoms with van der Waals surface area (Å²) in [5.74, 6) is -1.94. The third kappa shape index (κ3) is 1.35. The number of aliphatic carboxylic acids is 1. The Hall–Kier alpha value is -2.32. The zero-order valence-electron chi connectivity index (χ0n) is 10.3. The van der Waals surface area contributed by atoms with Crippen LogP contribution >= 0.6 is 0 Å². The van der Waals surface area contributed by atoms with Gasteiger partial charge in [-0.3, -0.25) is 14.9 Å². The van der Waals surface area contributed by atoms with Gasteiger partial charge in [0.15, 0.2) is 0 Å². The predicted molar refractivity (Wildman–Crippen MR) is 60.8 cm³/mol.